The van der Waals surface area contributed by atoms with Gasteiger partial charge in [0, 0.05) is 24.3 Å². The van der Waals surface area contributed by atoms with Crippen LogP contribution in [0.1, 0.15) is 11.1 Å². The number of halogens is 1. The summed E-state index contributed by atoms with van der Waals surface area (Å²) < 4.78 is 19.6. The molecule has 1 atom stereocenters. The van der Waals surface area contributed by atoms with Crippen molar-refractivity contribution >= 4 is 5.69 Å². The zero-order valence-corrected chi connectivity index (χ0v) is 12.7. The fourth-order valence-corrected chi connectivity index (χ4v) is 2.77. The van der Waals surface area contributed by atoms with Gasteiger partial charge in [0.05, 0.1) is 18.3 Å². The van der Waals surface area contributed by atoms with Crippen molar-refractivity contribution in [3.05, 3.63) is 53.3 Å². The predicted octanol–water partition coefficient (Wildman–Crippen LogP) is 2.48. The number of morpholine rings is 1. The van der Waals surface area contributed by atoms with Crippen LogP contribution < -0.4 is 11.1 Å². The number of rotatable bonds is 3. The molecule has 1 aliphatic heterocycles. The Bertz CT molecular complexity index is 748. The van der Waals surface area contributed by atoms with Crippen LogP contribution in [0.2, 0.25) is 0 Å². The van der Waals surface area contributed by atoms with E-state index in [0.717, 1.165) is 30.6 Å². The average Bonchev–Trinajstić information content (AvgIpc) is 2.57. The van der Waals surface area contributed by atoms with Gasteiger partial charge < -0.3 is 15.8 Å². The van der Waals surface area contributed by atoms with Crippen LogP contribution in [-0.2, 0) is 11.2 Å². The Labute approximate surface area is 134 Å². The molecule has 0 aromatic heterocycles. The van der Waals surface area contributed by atoms with Crippen molar-refractivity contribution in [3.63, 3.8) is 0 Å². The van der Waals surface area contributed by atoms with Gasteiger partial charge in [-0.2, -0.15) is 5.26 Å². The minimum Gasteiger partial charge on any atom is -0.398 e. The molecule has 1 heterocycles. The molecule has 3 N–H and O–H groups in total. The topological polar surface area (TPSA) is 71.1 Å². The first-order valence-electron chi connectivity index (χ1n) is 7.58. The molecule has 1 saturated heterocycles. The van der Waals surface area contributed by atoms with Crippen molar-refractivity contribution in [2.75, 3.05) is 25.4 Å². The molecule has 1 aliphatic rings. The Morgan fingerprint density at radius 3 is 2.87 bits per heavy atom. The smallest absolute Gasteiger partial charge is 0.141 e. The predicted molar refractivity (Wildman–Crippen MR) is 87.3 cm³/mol. The van der Waals surface area contributed by atoms with Gasteiger partial charge in [-0.05, 0) is 41.8 Å². The number of anilines is 1. The number of nitrogens with two attached hydrogens (primary N) is 1. The van der Waals surface area contributed by atoms with Crippen molar-refractivity contribution in [2.45, 2.75) is 12.5 Å². The highest BCUT2D eigenvalue weighted by atomic mass is 19.1. The van der Waals surface area contributed by atoms with E-state index < -0.39 is 5.82 Å². The lowest BCUT2D eigenvalue weighted by atomic mass is 9.97. The van der Waals surface area contributed by atoms with Gasteiger partial charge in [-0.15, -0.1) is 0 Å². The maximum atomic E-state index is 13.8. The molecule has 2 aromatic carbocycles. The second-order valence-electron chi connectivity index (χ2n) is 5.63. The van der Waals surface area contributed by atoms with Gasteiger partial charge in [0.1, 0.15) is 11.9 Å². The minimum absolute atomic E-state index is 0.0326. The maximum absolute atomic E-state index is 13.8. The van der Waals surface area contributed by atoms with E-state index in [0.29, 0.717) is 17.9 Å². The number of ether oxygens (including phenoxy) is 1. The third kappa shape index (κ3) is 3.50. The highest BCUT2D eigenvalue weighted by molar-refractivity contribution is 5.77. The molecular formula is C18H18FN3O. The Kier molecular flexibility index (Phi) is 4.56. The van der Waals surface area contributed by atoms with E-state index in [1.807, 2.05) is 24.3 Å². The third-order valence-corrected chi connectivity index (χ3v) is 3.99. The lowest BCUT2D eigenvalue weighted by Gasteiger charge is -2.24. The molecule has 0 aliphatic carbocycles. The van der Waals surface area contributed by atoms with Crippen molar-refractivity contribution in [1.29, 1.82) is 5.26 Å². The van der Waals surface area contributed by atoms with Crippen LogP contribution >= 0.6 is 0 Å². The molecule has 1 unspecified atom stereocenters. The molecule has 0 bridgehead atoms. The number of hydrogen-bond donors (Lipinski definition) is 2. The zero-order valence-electron chi connectivity index (χ0n) is 12.7. The summed E-state index contributed by atoms with van der Waals surface area (Å²) in [7, 11) is 0. The largest absolute Gasteiger partial charge is 0.398 e. The number of nitrogen functional groups attached to an aromatic ring is 1. The molecule has 1 fully saturated rings. The van der Waals surface area contributed by atoms with E-state index in [-0.39, 0.29) is 11.7 Å². The first kappa shape index (κ1) is 15.5. The maximum Gasteiger partial charge on any atom is 0.141 e. The minimum atomic E-state index is -0.533. The van der Waals surface area contributed by atoms with Crippen molar-refractivity contribution < 1.29 is 9.13 Å². The number of nitriles is 1. The molecule has 2 aromatic rings. The Balaban J connectivity index is 1.88. The molecule has 0 spiro atoms. The highest BCUT2D eigenvalue weighted by Crippen LogP contribution is 2.29. The summed E-state index contributed by atoms with van der Waals surface area (Å²) in [5.41, 5.74) is 9.19. The fourth-order valence-electron chi connectivity index (χ4n) is 2.77. The van der Waals surface area contributed by atoms with Gasteiger partial charge in [-0.25, -0.2) is 4.39 Å². The molecule has 0 amide bonds. The van der Waals surface area contributed by atoms with Gasteiger partial charge in [0.2, 0.25) is 0 Å². The second kappa shape index (κ2) is 6.78. The van der Waals surface area contributed by atoms with E-state index >= 15 is 0 Å². The van der Waals surface area contributed by atoms with E-state index in [2.05, 4.69) is 5.32 Å². The first-order valence-corrected chi connectivity index (χ1v) is 7.58. The summed E-state index contributed by atoms with van der Waals surface area (Å²) in [5, 5.41) is 12.1. The number of hydrogen-bond acceptors (Lipinski definition) is 4. The monoisotopic (exact) mass is 311 g/mol. The van der Waals surface area contributed by atoms with Gasteiger partial charge in [0.15, 0.2) is 0 Å². The van der Waals surface area contributed by atoms with Crippen LogP contribution in [0.25, 0.3) is 11.1 Å². The number of benzene rings is 2. The SMILES string of the molecule is N#Cc1ccc(-c2cc(CC3CNCCO3)ccc2N)cc1F. The van der Waals surface area contributed by atoms with E-state index in [1.165, 1.54) is 12.1 Å². The fraction of sp³-hybridized carbons (Fsp3) is 0.278. The van der Waals surface area contributed by atoms with Gasteiger partial charge in [-0.1, -0.05) is 12.1 Å². The second-order valence-corrected chi connectivity index (χ2v) is 5.63. The van der Waals surface area contributed by atoms with Gasteiger partial charge >= 0.3 is 0 Å². The van der Waals surface area contributed by atoms with E-state index in [9.17, 15) is 4.39 Å². The lowest BCUT2D eigenvalue weighted by Crippen LogP contribution is -2.39. The number of nitrogens with zero attached hydrogens (tertiary/aromatic N) is 1. The molecular weight excluding hydrogens is 293 g/mol. The van der Waals surface area contributed by atoms with Crippen LogP contribution in [-0.4, -0.2) is 25.8 Å². The zero-order chi connectivity index (χ0) is 16.2. The molecule has 4 nitrogen and oxygen atoms in total. The summed E-state index contributed by atoms with van der Waals surface area (Å²) >= 11 is 0. The quantitative estimate of drug-likeness (QED) is 0.854. The van der Waals surface area contributed by atoms with Crippen LogP contribution in [0, 0.1) is 17.1 Å². The molecule has 0 saturated carbocycles. The van der Waals surface area contributed by atoms with Crippen LogP contribution in [0.15, 0.2) is 36.4 Å². The van der Waals surface area contributed by atoms with E-state index in [1.54, 1.807) is 6.07 Å². The average molecular weight is 311 g/mol. The molecule has 23 heavy (non-hydrogen) atoms. The van der Waals surface area contributed by atoms with Crippen molar-refractivity contribution in [2.24, 2.45) is 0 Å². The van der Waals surface area contributed by atoms with Gasteiger partial charge in [-0.3, -0.25) is 0 Å². The standard InChI is InChI=1S/C18H18FN3O/c19-17-9-13(2-3-14(17)10-20)16-8-12(1-4-18(16)21)7-15-11-22-5-6-23-15/h1-4,8-9,15,22H,5-7,11,21H2. The van der Waals surface area contributed by atoms with Crippen LogP contribution in [0.3, 0.4) is 0 Å². The summed E-state index contributed by atoms with van der Waals surface area (Å²) in [6, 6.07) is 12.1. The van der Waals surface area contributed by atoms with Gasteiger partial charge in [0.25, 0.3) is 0 Å². The van der Waals surface area contributed by atoms with Crippen molar-refractivity contribution in [1.82, 2.24) is 5.32 Å². The summed E-state index contributed by atoms with van der Waals surface area (Å²) in [4.78, 5) is 0. The van der Waals surface area contributed by atoms with Crippen LogP contribution in [0.5, 0.6) is 0 Å². The normalized spacial score (nSPS) is 17.7. The summed E-state index contributed by atoms with van der Waals surface area (Å²) in [5.74, 6) is -0.533. The number of nitrogens with one attached hydrogen (secondary N) is 1. The summed E-state index contributed by atoms with van der Waals surface area (Å²) in [6.07, 6.45) is 0.914. The third-order valence-electron chi connectivity index (χ3n) is 3.99. The molecule has 3 rings (SSSR count). The highest BCUT2D eigenvalue weighted by Gasteiger charge is 2.15. The van der Waals surface area contributed by atoms with E-state index in [4.69, 9.17) is 15.7 Å². The Morgan fingerprint density at radius 2 is 2.17 bits per heavy atom. The summed E-state index contributed by atoms with van der Waals surface area (Å²) in [6.45, 7) is 2.42. The molecule has 5 heteroatoms. The lowest BCUT2D eigenvalue weighted by molar-refractivity contribution is 0.0292. The molecule has 0 radical (unpaired) electrons. The van der Waals surface area contributed by atoms with Crippen LogP contribution in [0.4, 0.5) is 10.1 Å². The molecule has 118 valence electrons. The first-order chi connectivity index (χ1) is 11.2. The Morgan fingerprint density at radius 1 is 1.30 bits per heavy atom. The van der Waals surface area contributed by atoms with Crippen molar-refractivity contribution in [3.8, 4) is 17.2 Å². The Hall–Kier alpha value is -2.42.